The molecule has 2 fully saturated rings. The lowest BCUT2D eigenvalue weighted by atomic mass is 10.0. The average molecular weight is 312 g/mol. The highest BCUT2D eigenvalue weighted by Gasteiger charge is 2.30. The van der Waals surface area contributed by atoms with Crippen molar-refractivity contribution in [2.75, 3.05) is 26.2 Å². The van der Waals surface area contributed by atoms with Gasteiger partial charge < -0.3 is 9.47 Å². The molecule has 0 unspecified atom stereocenters. The van der Waals surface area contributed by atoms with Gasteiger partial charge in [0.25, 0.3) is 0 Å². The molecule has 0 amide bonds. The monoisotopic (exact) mass is 312 g/mol. The lowest BCUT2D eigenvalue weighted by molar-refractivity contribution is -0.111. The fourth-order valence-electron chi connectivity index (χ4n) is 3.70. The highest BCUT2D eigenvalue weighted by atomic mass is 16.5. The number of hydrogen-bond donors (Lipinski definition) is 0. The number of morpholine rings is 2. The van der Waals surface area contributed by atoms with Gasteiger partial charge in [-0.2, -0.15) is 0 Å². The maximum absolute atomic E-state index is 6.15. The summed E-state index contributed by atoms with van der Waals surface area (Å²) >= 11 is 0. The summed E-state index contributed by atoms with van der Waals surface area (Å²) in [6.07, 6.45) is 3.63. The lowest BCUT2D eigenvalue weighted by Gasteiger charge is -2.41. The summed E-state index contributed by atoms with van der Waals surface area (Å²) in [5.74, 6) is 0. The van der Waals surface area contributed by atoms with Crippen LogP contribution < -0.4 is 0 Å². The summed E-state index contributed by atoms with van der Waals surface area (Å²) in [6.45, 7) is 17.8. The minimum Gasteiger partial charge on any atom is -0.373 e. The zero-order valence-corrected chi connectivity index (χ0v) is 15.4. The third kappa shape index (κ3) is 5.19. The van der Waals surface area contributed by atoms with Gasteiger partial charge in [-0.1, -0.05) is 0 Å². The van der Waals surface area contributed by atoms with E-state index in [4.69, 9.17) is 9.47 Å². The van der Waals surface area contributed by atoms with Crippen LogP contribution in [0.5, 0.6) is 0 Å². The summed E-state index contributed by atoms with van der Waals surface area (Å²) < 4.78 is 12.3. The molecule has 4 atom stereocenters. The largest absolute Gasteiger partial charge is 0.373 e. The molecule has 2 rings (SSSR count). The molecule has 0 N–H and O–H groups in total. The SMILES string of the molecule is CC(C)N1C[C@@H](CC[C@H]2CN(C(C)C)C[C@@H](C)O2)O[C@H](C)C1. The predicted octanol–water partition coefficient (Wildman–Crippen LogP) is 2.76. The van der Waals surface area contributed by atoms with Crippen LogP contribution in [0.2, 0.25) is 0 Å². The smallest absolute Gasteiger partial charge is 0.0707 e. The minimum absolute atomic E-state index is 0.347. The van der Waals surface area contributed by atoms with Crippen LogP contribution in [0.25, 0.3) is 0 Å². The summed E-state index contributed by atoms with van der Waals surface area (Å²) in [5.41, 5.74) is 0. The number of rotatable bonds is 5. The van der Waals surface area contributed by atoms with E-state index in [1.807, 2.05) is 0 Å². The molecule has 0 aliphatic carbocycles. The van der Waals surface area contributed by atoms with E-state index in [9.17, 15) is 0 Å². The van der Waals surface area contributed by atoms with Gasteiger partial charge in [-0.15, -0.1) is 0 Å². The first-order valence-corrected chi connectivity index (χ1v) is 9.14. The summed E-state index contributed by atoms with van der Waals surface area (Å²) in [7, 11) is 0. The maximum atomic E-state index is 6.15. The van der Waals surface area contributed by atoms with Crippen molar-refractivity contribution in [3.63, 3.8) is 0 Å². The number of ether oxygens (including phenoxy) is 2. The Labute approximate surface area is 137 Å². The molecule has 22 heavy (non-hydrogen) atoms. The standard InChI is InChI=1S/C18H36N2O2/c1-13(2)19-9-15(5)21-17(11-19)7-8-18-12-20(14(3)4)10-16(6)22-18/h13-18H,7-12H2,1-6H3/t15-,16-,17-,18+/m1/s1. The lowest BCUT2D eigenvalue weighted by Crippen LogP contribution is -2.51. The fraction of sp³-hybridized carbons (Fsp3) is 1.00. The molecular formula is C18H36N2O2. The van der Waals surface area contributed by atoms with Crippen molar-refractivity contribution < 1.29 is 9.47 Å². The molecule has 2 saturated heterocycles. The van der Waals surface area contributed by atoms with Crippen LogP contribution in [-0.4, -0.2) is 72.5 Å². The minimum atomic E-state index is 0.347. The first-order chi connectivity index (χ1) is 10.3. The second-order valence-corrected chi connectivity index (χ2v) is 7.81. The summed E-state index contributed by atoms with van der Waals surface area (Å²) in [5, 5.41) is 0. The molecule has 0 radical (unpaired) electrons. The van der Waals surface area contributed by atoms with E-state index in [0.717, 1.165) is 39.0 Å². The van der Waals surface area contributed by atoms with Crippen LogP contribution in [-0.2, 0) is 9.47 Å². The van der Waals surface area contributed by atoms with Crippen molar-refractivity contribution in [1.29, 1.82) is 0 Å². The third-order valence-corrected chi connectivity index (χ3v) is 4.98. The van der Waals surface area contributed by atoms with Crippen LogP contribution in [0.3, 0.4) is 0 Å². The number of hydrogen-bond acceptors (Lipinski definition) is 4. The van der Waals surface area contributed by atoms with E-state index in [2.05, 4.69) is 51.3 Å². The van der Waals surface area contributed by atoms with Gasteiger partial charge >= 0.3 is 0 Å². The van der Waals surface area contributed by atoms with Gasteiger partial charge in [-0.25, -0.2) is 0 Å². The van der Waals surface area contributed by atoms with E-state index in [1.54, 1.807) is 0 Å². The van der Waals surface area contributed by atoms with Gasteiger partial charge in [-0.3, -0.25) is 9.80 Å². The third-order valence-electron chi connectivity index (χ3n) is 4.98. The van der Waals surface area contributed by atoms with Crippen LogP contribution in [0.15, 0.2) is 0 Å². The van der Waals surface area contributed by atoms with Gasteiger partial charge in [0, 0.05) is 38.3 Å². The van der Waals surface area contributed by atoms with Crippen LogP contribution in [0, 0.1) is 0 Å². The fourth-order valence-corrected chi connectivity index (χ4v) is 3.70. The zero-order valence-electron chi connectivity index (χ0n) is 15.4. The Morgan fingerprint density at radius 3 is 1.41 bits per heavy atom. The van der Waals surface area contributed by atoms with Gasteiger partial charge in [0.2, 0.25) is 0 Å². The Morgan fingerprint density at radius 1 is 0.727 bits per heavy atom. The Balaban J connectivity index is 1.81. The molecular weight excluding hydrogens is 276 g/mol. The van der Waals surface area contributed by atoms with Crippen molar-refractivity contribution in [1.82, 2.24) is 9.80 Å². The second-order valence-electron chi connectivity index (χ2n) is 7.81. The Bertz CT molecular complexity index is 303. The molecule has 130 valence electrons. The normalized spacial score (nSPS) is 35.5. The molecule has 4 nitrogen and oxygen atoms in total. The second kappa shape index (κ2) is 8.09. The van der Waals surface area contributed by atoms with E-state index in [0.29, 0.717) is 36.5 Å². The maximum Gasteiger partial charge on any atom is 0.0707 e. The molecule has 0 saturated carbocycles. The van der Waals surface area contributed by atoms with Gasteiger partial charge in [-0.05, 0) is 54.4 Å². The van der Waals surface area contributed by atoms with Crippen LogP contribution in [0.1, 0.15) is 54.4 Å². The van der Waals surface area contributed by atoms with E-state index in [-0.39, 0.29) is 0 Å². The number of nitrogens with zero attached hydrogens (tertiary/aromatic N) is 2. The van der Waals surface area contributed by atoms with Crippen molar-refractivity contribution in [3.05, 3.63) is 0 Å². The molecule has 4 heteroatoms. The summed E-state index contributed by atoms with van der Waals surface area (Å²) in [6, 6.07) is 1.22. The average Bonchev–Trinajstić information content (AvgIpc) is 2.44. The molecule has 0 bridgehead atoms. The highest BCUT2D eigenvalue weighted by molar-refractivity contribution is 4.82. The van der Waals surface area contributed by atoms with Crippen molar-refractivity contribution in [2.45, 2.75) is 90.9 Å². The van der Waals surface area contributed by atoms with Gasteiger partial charge in [0.15, 0.2) is 0 Å². The Morgan fingerprint density at radius 2 is 1.09 bits per heavy atom. The van der Waals surface area contributed by atoms with Crippen molar-refractivity contribution >= 4 is 0 Å². The molecule has 0 aromatic rings. The van der Waals surface area contributed by atoms with Crippen molar-refractivity contribution in [3.8, 4) is 0 Å². The van der Waals surface area contributed by atoms with Crippen molar-refractivity contribution in [2.24, 2.45) is 0 Å². The topological polar surface area (TPSA) is 24.9 Å². The molecule has 2 aliphatic heterocycles. The van der Waals surface area contributed by atoms with E-state index >= 15 is 0 Å². The first kappa shape index (κ1) is 18.2. The molecule has 0 aromatic carbocycles. The van der Waals surface area contributed by atoms with E-state index in [1.165, 1.54) is 0 Å². The van der Waals surface area contributed by atoms with Gasteiger partial charge in [0.1, 0.15) is 0 Å². The predicted molar refractivity (Wildman–Crippen MR) is 91.3 cm³/mol. The zero-order chi connectivity index (χ0) is 16.3. The molecule has 0 aromatic heterocycles. The quantitative estimate of drug-likeness (QED) is 0.779. The highest BCUT2D eigenvalue weighted by Crippen LogP contribution is 2.22. The molecule has 0 spiro atoms. The van der Waals surface area contributed by atoms with E-state index < -0.39 is 0 Å². The summed E-state index contributed by atoms with van der Waals surface area (Å²) in [4.78, 5) is 5.09. The Kier molecular flexibility index (Phi) is 6.69. The Hall–Kier alpha value is -0.160. The first-order valence-electron chi connectivity index (χ1n) is 9.14. The van der Waals surface area contributed by atoms with Crippen LogP contribution in [0.4, 0.5) is 0 Å². The molecule has 2 heterocycles. The van der Waals surface area contributed by atoms with Gasteiger partial charge in [0.05, 0.1) is 24.4 Å². The van der Waals surface area contributed by atoms with Crippen LogP contribution >= 0.6 is 0 Å². The molecule has 2 aliphatic rings.